The molecule has 2 aromatic rings. The van der Waals surface area contributed by atoms with Crippen molar-refractivity contribution in [3.05, 3.63) is 47.3 Å². The molecule has 0 atom stereocenters. The van der Waals surface area contributed by atoms with E-state index in [4.69, 9.17) is 5.73 Å². The highest BCUT2D eigenvalue weighted by molar-refractivity contribution is 7.88. The van der Waals surface area contributed by atoms with E-state index in [0.717, 1.165) is 17.7 Å². The molecule has 0 amide bonds. The molecule has 0 aliphatic rings. The summed E-state index contributed by atoms with van der Waals surface area (Å²) < 4.78 is 28.6. The predicted molar refractivity (Wildman–Crippen MR) is 82.9 cm³/mol. The van der Waals surface area contributed by atoms with Crippen LogP contribution in [-0.4, -0.2) is 18.2 Å². The van der Waals surface area contributed by atoms with E-state index in [2.05, 4.69) is 9.82 Å². The minimum absolute atomic E-state index is 0.124. The molecule has 0 radical (unpaired) electrons. The van der Waals surface area contributed by atoms with Crippen LogP contribution in [0.4, 0.5) is 5.69 Å². The van der Waals surface area contributed by atoms with Crippen LogP contribution in [0.15, 0.2) is 30.5 Å². The molecule has 0 spiro atoms. The van der Waals surface area contributed by atoms with Crippen molar-refractivity contribution in [2.45, 2.75) is 25.6 Å². The van der Waals surface area contributed by atoms with Crippen molar-refractivity contribution in [2.75, 3.05) is 5.73 Å². The molecule has 1 heterocycles. The van der Waals surface area contributed by atoms with Gasteiger partial charge in [0.05, 0.1) is 11.4 Å². The molecule has 3 N–H and O–H groups in total. The molecule has 1 aromatic heterocycles. The van der Waals surface area contributed by atoms with Gasteiger partial charge in [0.25, 0.3) is 0 Å². The SMILES string of the molecule is CCc1nn(C)cc1CNS(=O)(=O)Cc1ccccc1N. The first-order valence-electron chi connectivity index (χ1n) is 6.73. The number of rotatable bonds is 6. The Morgan fingerprint density at radius 2 is 2.00 bits per heavy atom. The number of sulfonamides is 1. The van der Waals surface area contributed by atoms with Gasteiger partial charge < -0.3 is 5.73 Å². The number of benzene rings is 1. The molecule has 114 valence electrons. The highest BCUT2D eigenvalue weighted by Crippen LogP contribution is 2.14. The monoisotopic (exact) mass is 308 g/mol. The van der Waals surface area contributed by atoms with Gasteiger partial charge in [-0.1, -0.05) is 25.1 Å². The molecular weight excluding hydrogens is 288 g/mol. The van der Waals surface area contributed by atoms with Gasteiger partial charge in [-0.05, 0) is 18.1 Å². The smallest absolute Gasteiger partial charge is 0.216 e. The third kappa shape index (κ3) is 4.05. The number of nitrogens with one attached hydrogen (secondary N) is 1. The van der Waals surface area contributed by atoms with Gasteiger partial charge in [0, 0.05) is 31.0 Å². The minimum atomic E-state index is -3.44. The number of nitrogen functional groups attached to an aromatic ring is 1. The average molecular weight is 308 g/mol. The van der Waals surface area contributed by atoms with Crippen molar-refractivity contribution in [2.24, 2.45) is 7.05 Å². The van der Waals surface area contributed by atoms with E-state index in [-0.39, 0.29) is 12.3 Å². The van der Waals surface area contributed by atoms with Crippen LogP contribution in [0.5, 0.6) is 0 Å². The van der Waals surface area contributed by atoms with Crippen molar-refractivity contribution in [1.29, 1.82) is 0 Å². The molecule has 6 nitrogen and oxygen atoms in total. The second-order valence-corrected chi connectivity index (χ2v) is 6.71. The van der Waals surface area contributed by atoms with Crippen molar-refractivity contribution in [3.8, 4) is 0 Å². The van der Waals surface area contributed by atoms with E-state index in [1.165, 1.54) is 0 Å². The standard InChI is InChI=1S/C14H20N4O2S/c1-3-14-12(9-18(2)17-14)8-16-21(19,20)10-11-6-4-5-7-13(11)15/h4-7,9,16H,3,8,10,15H2,1-2H3. The first kappa shape index (κ1) is 15.5. The third-order valence-corrected chi connectivity index (χ3v) is 4.49. The zero-order chi connectivity index (χ0) is 15.5. The molecule has 0 aliphatic carbocycles. The summed E-state index contributed by atoms with van der Waals surface area (Å²) in [6, 6.07) is 6.97. The lowest BCUT2D eigenvalue weighted by molar-refractivity contribution is 0.580. The summed E-state index contributed by atoms with van der Waals surface area (Å²) in [4.78, 5) is 0. The normalized spacial score (nSPS) is 11.7. The van der Waals surface area contributed by atoms with Crippen molar-refractivity contribution in [3.63, 3.8) is 0 Å². The lowest BCUT2D eigenvalue weighted by Crippen LogP contribution is -2.25. The van der Waals surface area contributed by atoms with E-state index in [0.29, 0.717) is 11.3 Å². The maximum absolute atomic E-state index is 12.1. The molecule has 0 saturated heterocycles. The van der Waals surface area contributed by atoms with Crippen LogP contribution in [0, 0.1) is 0 Å². The van der Waals surface area contributed by atoms with Gasteiger partial charge in [0.1, 0.15) is 0 Å². The molecule has 0 unspecified atom stereocenters. The van der Waals surface area contributed by atoms with Crippen LogP contribution >= 0.6 is 0 Å². The van der Waals surface area contributed by atoms with Gasteiger partial charge in [0.15, 0.2) is 0 Å². The van der Waals surface area contributed by atoms with Crippen LogP contribution in [0.3, 0.4) is 0 Å². The maximum atomic E-state index is 12.1. The summed E-state index contributed by atoms with van der Waals surface area (Å²) in [7, 11) is -1.62. The molecular formula is C14H20N4O2S. The number of nitrogens with two attached hydrogens (primary N) is 1. The maximum Gasteiger partial charge on any atom is 0.216 e. The Kier molecular flexibility index (Phi) is 4.64. The summed E-state index contributed by atoms with van der Waals surface area (Å²) in [6.07, 6.45) is 2.60. The van der Waals surface area contributed by atoms with E-state index < -0.39 is 10.0 Å². The van der Waals surface area contributed by atoms with Crippen molar-refractivity contribution in [1.82, 2.24) is 14.5 Å². The van der Waals surface area contributed by atoms with Gasteiger partial charge in [-0.25, -0.2) is 13.1 Å². The Morgan fingerprint density at radius 1 is 1.29 bits per heavy atom. The highest BCUT2D eigenvalue weighted by Gasteiger charge is 2.15. The van der Waals surface area contributed by atoms with Crippen LogP contribution in [0.2, 0.25) is 0 Å². The molecule has 1 aromatic carbocycles. The van der Waals surface area contributed by atoms with E-state index in [1.807, 2.05) is 20.2 Å². The van der Waals surface area contributed by atoms with Gasteiger partial charge in [-0.2, -0.15) is 5.10 Å². The van der Waals surface area contributed by atoms with Gasteiger partial charge in [-0.15, -0.1) is 0 Å². The van der Waals surface area contributed by atoms with Crippen LogP contribution in [-0.2, 0) is 35.8 Å². The fourth-order valence-corrected chi connectivity index (χ4v) is 3.29. The average Bonchev–Trinajstić information content (AvgIpc) is 2.79. The number of para-hydroxylation sites is 1. The Hall–Kier alpha value is -1.86. The summed E-state index contributed by atoms with van der Waals surface area (Å²) in [5, 5.41) is 4.29. The summed E-state index contributed by atoms with van der Waals surface area (Å²) >= 11 is 0. The molecule has 0 saturated carbocycles. The van der Waals surface area contributed by atoms with E-state index in [1.54, 1.807) is 28.9 Å². The minimum Gasteiger partial charge on any atom is -0.398 e. The Morgan fingerprint density at radius 3 is 2.67 bits per heavy atom. The Labute approximate surface area is 125 Å². The second kappa shape index (κ2) is 6.28. The number of anilines is 1. The number of nitrogens with zero attached hydrogens (tertiary/aromatic N) is 2. The zero-order valence-electron chi connectivity index (χ0n) is 12.2. The molecule has 21 heavy (non-hydrogen) atoms. The topological polar surface area (TPSA) is 90.0 Å². The molecule has 0 aliphatic heterocycles. The van der Waals surface area contributed by atoms with Crippen LogP contribution in [0.1, 0.15) is 23.7 Å². The van der Waals surface area contributed by atoms with E-state index >= 15 is 0 Å². The zero-order valence-corrected chi connectivity index (χ0v) is 13.0. The fourth-order valence-electron chi connectivity index (χ4n) is 2.14. The predicted octanol–water partition coefficient (Wildman–Crippen LogP) is 1.18. The largest absolute Gasteiger partial charge is 0.398 e. The van der Waals surface area contributed by atoms with E-state index in [9.17, 15) is 8.42 Å². The van der Waals surface area contributed by atoms with Crippen LogP contribution in [0.25, 0.3) is 0 Å². The molecule has 2 rings (SSSR count). The number of hydrogen-bond donors (Lipinski definition) is 2. The first-order valence-corrected chi connectivity index (χ1v) is 8.38. The number of hydrogen-bond acceptors (Lipinski definition) is 4. The number of aromatic nitrogens is 2. The molecule has 0 bridgehead atoms. The highest BCUT2D eigenvalue weighted by atomic mass is 32.2. The summed E-state index contributed by atoms with van der Waals surface area (Å²) in [5.41, 5.74) is 8.66. The summed E-state index contributed by atoms with van der Waals surface area (Å²) in [6.45, 7) is 2.23. The lowest BCUT2D eigenvalue weighted by atomic mass is 10.2. The van der Waals surface area contributed by atoms with Crippen molar-refractivity contribution < 1.29 is 8.42 Å². The van der Waals surface area contributed by atoms with Crippen molar-refractivity contribution >= 4 is 15.7 Å². The Balaban J connectivity index is 2.06. The fraction of sp³-hybridized carbons (Fsp3) is 0.357. The first-order chi connectivity index (χ1) is 9.91. The third-order valence-electron chi connectivity index (χ3n) is 3.21. The second-order valence-electron chi connectivity index (χ2n) is 4.91. The summed E-state index contributed by atoms with van der Waals surface area (Å²) in [5.74, 6) is -0.124. The van der Waals surface area contributed by atoms with Crippen LogP contribution < -0.4 is 10.5 Å². The van der Waals surface area contributed by atoms with Gasteiger partial charge in [-0.3, -0.25) is 4.68 Å². The molecule has 7 heteroatoms. The Bertz CT molecular complexity index is 722. The quantitative estimate of drug-likeness (QED) is 0.784. The molecule has 0 fully saturated rings. The number of aryl methyl sites for hydroxylation is 2. The van der Waals surface area contributed by atoms with Gasteiger partial charge >= 0.3 is 0 Å². The lowest BCUT2D eigenvalue weighted by Gasteiger charge is -2.08. The van der Waals surface area contributed by atoms with Gasteiger partial charge in [0.2, 0.25) is 10.0 Å².